The maximum absolute atomic E-state index is 13.4. The highest BCUT2D eigenvalue weighted by atomic mass is 35.5. The van der Waals surface area contributed by atoms with Crippen molar-refractivity contribution in [3.63, 3.8) is 0 Å². The lowest BCUT2D eigenvalue weighted by Crippen LogP contribution is -2.16. The fourth-order valence-corrected chi connectivity index (χ4v) is 3.50. The smallest absolute Gasteiger partial charge is 0.281 e. The van der Waals surface area contributed by atoms with Crippen molar-refractivity contribution in [1.82, 2.24) is 4.57 Å². The Labute approximate surface area is 141 Å². The van der Waals surface area contributed by atoms with Crippen molar-refractivity contribution in [2.75, 3.05) is 0 Å². The minimum atomic E-state index is -0.430. The van der Waals surface area contributed by atoms with Crippen LogP contribution in [-0.4, -0.2) is 10.5 Å². The van der Waals surface area contributed by atoms with Gasteiger partial charge >= 0.3 is 0 Å². The quantitative estimate of drug-likeness (QED) is 0.646. The summed E-state index contributed by atoms with van der Waals surface area (Å²) in [4.78, 5) is 17.0. The highest BCUT2D eigenvalue weighted by Gasteiger charge is 2.11. The maximum atomic E-state index is 13.4. The van der Waals surface area contributed by atoms with E-state index in [2.05, 4.69) is 11.6 Å². The normalized spacial score (nSPS) is 11.8. The standard InChI is InChI=1S/C17H12ClFN2OS/c1-2-9-21-14-8-7-11(19)10-15(14)23-17(21)20-16(22)12-5-3-4-6-13(12)18/h2-8,10H,1,9H2. The van der Waals surface area contributed by atoms with E-state index in [9.17, 15) is 9.18 Å². The molecule has 0 N–H and O–H groups in total. The Bertz CT molecular complexity index is 974. The van der Waals surface area contributed by atoms with Crippen LogP contribution in [-0.2, 0) is 6.54 Å². The molecule has 0 bridgehead atoms. The van der Waals surface area contributed by atoms with Gasteiger partial charge in [0.15, 0.2) is 4.80 Å². The summed E-state index contributed by atoms with van der Waals surface area (Å²) in [5, 5.41) is 0.351. The van der Waals surface area contributed by atoms with Gasteiger partial charge in [-0.05, 0) is 30.3 Å². The monoisotopic (exact) mass is 346 g/mol. The number of benzene rings is 2. The highest BCUT2D eigenvalue weighted by molar-refractivity contribution is 7.16. The first-order chi connectivity index (χ1) is 11.1. The van der Waals surface area contributed by atoms with Gasteiger partial charge in [-0.25, -0.2) is 4.39 Å². The second kappa shape index (κ2) is 6.48. The van der Waals surface area contributed by atoms with Crippen molar-refractivity contribution in [3.05, 3.63) is 76.3 Å². The van der Waals surface area contributed by atoms with Crippen molar-refractivity contribution in [1.29, 1.82) is 0 Å². The van der Waals surface area contributed by atoms with Crippen LogP contribution in [0.3, 0.4) is 0 Å². The molecule has 116 valence electrons. The van der Waals surface area contributed by atoms with Crippen LogP contribution in [0.15, 0.2) is 60.1 Å². The summed E-state index contributed by atoms with van der Waals surface area (Å²) in [6.45, 7) is 4.19. The molecule has 1 amide bonds. The summed E-state index contributed by atoms with van der Waals surface area (Å²) < 4.78 is 15.9. The van der Waals surface area contributed by atoms with E-state index in [-0.39, 0.29) is 5.82 Å². The van der Waals surface area contributed by atoms with Crippen LogP contribution in [0.4, 0.5) is 4.39 Å². The summed E-state index contributed by atoms with van der Waals surface area (Å²) in [6.07, 6.45) is 1.70. The average molecular weight is 347 g/mol. The van der Waals surface area contributed by atoms with Crippen LogP contribution in [0.1, 0.15) is 10.4 Å². The van der Waals surface area contributed by atoms with Crippen molar-refractivity contribution >= 4 is 39.1 Å². The van der Waals surface area contributed by atoms with Crippen molar-refractivity contribution in [2.45, 2.75) is 6.54 Å². The molecule has 0 aliphatic heterocycles. The number of carbonyl (C=O) groups is 1. The van der Waals surface area contributed by atoms with Crippen LogP contribution in [0.2, 0.25) is 5.02 Å². The van der Waals surface area contributed by atoms with E-state index in [1.165, 1.54) is 23.5 Å². The molecule has 1 aromatic heterocycles. The van der Waals surface area contributed by atoms with Gasteiger partial charge in [-0.3, -0.25) is 4.79 Å². The molecule has 0 unspecified atom stereocenters. The Morgan fingerprint density at radius 1 is 1.35 bits per heavy atom. The molecular weight excluding hydrogens is 335 g/mol. The minimum absolute atomic E-state index is 0.325. The second-order valence-electron chi connectivity index (χ2n) is 4.79. The number of hydrogen-bond donors (Lipinski definition) is 0. The number of amides is 1. The predicted octanol–water partition coefficient (Wildman–Crippen LogP) is 4.42. The van der Waals surface area contributed by atoms with Crippen molar-refractivity contribution in [2.24, 2.45) is 4.99 Å². The number of thiazole rings is 1. The van der Waals surface area contributed by atoms with E-state index in [0.717, 1.165) is 10.2 Å². The molecule has 6 heteroatoms. The number of nitrogens with zero attached hydrogens (tertiary/aromatic N) is 2. The second-order valence-corrected chi connectivity index (χ2v) is 6.21. The summed E-state index contributed by atoms with van der Waals surface area (Å²) in [5.74, 6) is -0.756. The van der Waals surface area contributed by atoms with Crippen LogP contribution in [0, 0.1) is 5.82 Å². The molecule has 3 aromatic rings. The third-order valence-corrected chi connectivity index (χ3v) is 4.63. The zero-order chi connectivity index (χ0) is 16.4. The average Bonchev–Trinajstić information content (AvgIpc) is 2.84. The zero-order valence-corrected chi connectivity index (χ0v) is 13.6. The van der Waals surface area contributed by atoms with Gasteiger partial charge in [-0.15, -0.1) is 6.58 Å². The molecule has 0 spiro atoms. The Morgan fingerprint density at radius 3 is 2.87 bits per heavy atom. The molecule has 0 saturated carbocycles. The zero-order valence-electron chi connectivity index (χ0n) is 12.0. The van der Waals surface area contributed by atoms with Crippen molar-refractivity contribution in [3.8, 4) is 0 Å². The number of hydrogen-bond acceptors (Lipinski definition) is 2. The van der Waals surface area contributed by atoms with Gasteiger partial charge in [0.25, 0.3) is 5.91 Å². The molecule has 3 nitrogen and oxygen atoms in total. The fourth-order valence-electron chi connectivity index (χ4n) is 2.22. The van der Waals surface area contributed by atoms with Crippen LogP contribution >= 0.6 is 22.9 Å². The summed E-state index contributed by atoms with van der Waals surface area (Å²) in [7, 11) is 0. The molecule has 0 fully saturated rings. The number of aromatic nitrogens is 1. The minimum Gasteiger partial charge on any atom is -0.312 e. The van der Waals surface area contributed by atoms with E-state index < -0.39 is 5.91 Å². The van der Waals surface area contributed by atoms with Gasteiger partial charge < -0.3 is 4.57 Å². The number of fused-ring (bicyclic) bond motifs is 1. The molecule has 0 radical (unpaired) electrons. The molecule has 1 heterocycles. The van der Waals surface area contributed by atoms with E-state index in [1.807, 2.05) is 4.57 Å². The Kier molecular flexibility index (Phi) is 4.41. The first-order valence-electron chi connectivity index (χ1n) is 6.83. The molecule has 0 saturated heterocycles. The summed E-state index contributed by atoms with van der Waals surface area (Å²) in [5.41, 5.74) is 1.14. The Hall–Kier alpha value is -2.24. The van der Waals surface area contributed by atoms with Crippen LogP contribution in [0.25, 0.3) is 10.2 Å². The largest absolute Gasteiger partial charge is 0.312 e. The van der Waals surface area contributed by atoms with Crippen LogP contribution in [0.5, 0.6) is 0 Å². The van der Waals surface area contributed by atoms with E-state index in [4.69, 9.17) is 11.6 Å². The van der Waals surface area contributed by atoms with E-state index in [0.29, 0.717) is 21.9 Å². The molecule has 0 atom stereocenters. The predicted molar refractivity (Wildman–Crippen MR) is 91.3 cm³/mol. The van der Waals surface area contributed by atoms with Gasteiger partial charge in [-0.2, -0.15) is 4.99 Å². The number of halogens is 2. The Morgan fingerprint density at radius 2 is 2.13 bits per heavy atom. The van der Waals surface area contributed by atoms with E-state index in [1.54, 1.807) is 36.4 Å². The molecule has 2 aromatic carbocycles. The fraction of sp³-hybridized carbons (Fsp3) is 0.0588. The first kappa shape index (κ1) is 15.6. The lowest BCUT2D eigenvalue weighted by atomic mass is 10.2. The maximum Gasteiger partial charge on any atom is 0.281 e. The van der Waals surface area contributed by atoms with Gasteiger partial charge in [0.05, 0.1) is 20.8 Å². The molecule has 3 rings (SSSR count). The summed E-state index contributed by atoms with van der Waals surface area (Å²) >= 11 is 7.29. The number of rotatable bonds is 3. The van der Waals surface area contributed by atoms with Crippen LogP contribution < -0.4 is 4.80 Å². The molecule has 0 aliphatic carbocycles. The number of carbonyl (C=O) groups excluding carboxylic acids is 1. The third kappa shape index (κ3) is 3.11. The van der Waals surface area contributed by atoms with Gasteiger partial charge in [0.1, 0.15) is 5.82 Å². The van der Waals surface area contributed by atoms with Gasteiger partial charge in [0, 0.05) is 6.54 Å². The lowest BCUT2D eigenvalue weighted by molar-refractivity contribution is 0.0998. The lowest BCUT2D eigenvalue weighted by Gasteiger charge is -2.01. The molecule has 0 aliphatic rings. The molecular formula is C17H12ClFN2OS. The van der Waals surface area contributed by atoms with Crippen molar-refractivity contribution < 1.29 is 9.18 Å². The first-order valence-corrected chi connectivity index (χ1v) is 8.03. The topological polar surface area (TPSA) is 34.4 Å². The third-order valence-electron chi connectivity index (χ3n) is 3.26. The SMILES string of the molecule is C=CCn1c(=NC(=O)c2ccccc2Cl)sc2cc(F)ccc21. The van der Waals surface area contributed by atoms with Gasteiger partial charge in [0.2, 0.25) is 0 Å². The molecule has 23 heavy (non-hydrogen) atoms. The van der Waals surface area contributed by atoms with E-state index >= 15 is 0 Å². The number of allylic oxidation sites excluding steroid dienone is 1. The Balaban J connectivity index is 2.18. The van der Waals surface area contributed by atoms with Gasteiger partial charge in [-0.1, -0.05) is 41.1 Å². The summed E-state index contributed by atoms with van der Waals surface area (Å²) in [6, 6.07) is 11.2. The highest BCUT2D eigenvalue weighted by Crippen LogP contribution is 2.20.